The molecule has 3 rings (SSSR count). The molecule has 0 unspecified atom stereocenters. The maximum absolute atomic E-state index is 12.3. The molecule has 0 aliphatic rings. The van der Waals surface area contributed by atoms with E-state index in [1.165, 1.54) is 18.2 Å². The van der Waals surface area contributed by atoms with Crippen LogP contribution < -0.4 is 15.5 Å². The molecule has 0 aliphatic heterocycles. The minimum atomic E-state index is -0.551. The fraction of sp³-hybridized carbons (Fsp3) is 0.160. The lowest BCUT2D eigenvalue weighted by Crippen LogP contribution is -2.19. The van der Waals surface area contributed by atoms with Crippen molar-refractivity contribution in [1.29, 1.82) is 0 Å². The highest BCUT2D eigenvalue weighted by Crippen LogP contribution is 2.19. The van der Waals surface area contributed by atoms with Gasteiger partial charge < -0.3 is 10.1 Å². The number of aryl methyl sites for hydroxylation is 1. The maximum Gasteiger partial charge on any atom is 0.273 e. The predicted molar refractivity (Wildman–Crippen MR) is 129 cm³/mol. The fourth-order valence-electron chi connectivity index (χ4n) is 3.14. The second-order valence-electron chi connectivity index (χ2n) is 7.55. The van der Waals surface area contributed by atoms with Gasteiger partial charge in [0.15, 0.2) is 0 Å². The standard InChI is InChI=1S/C25H24N4O5/c1-16-4-7-20(15-23(16)29(32)33)25(31)28-27-17(2)19-8-10-21(11-9-19)26-24(30)14-18-5-12-22(34-3)13-6-18/h4-13,15H,14H2,1-3H3,(H,26,30)(H,28,31)/b27-17+. The molecular formula is C25H24N4O5. The quantitative estimate of drug-likeness (QED) is 0.296. The van der Waals surface area contributed by atoms with E-state index in [2.05, 4.69) is 15.8 Å². The lowest BCUT2D eigenvalue weighted by Gasteiger charge is -2.08. The molecule has 2 N–H and O–H groups in total. The number of ether oxygens (including phenoxy) is 1. The van der Waals surface area contributed by atoms with E-state index in [0.29, 0.717) is 17.0 Å². The first-order valence-electron chi connectivity index (χ1n) is 10.4. The number of hydrazone groups is 1. The number of nitrogens with one attached hydrogen (secondary N) is 2. The van der Waals surface area contributed by atoms with Gasteiger partial charge in [-0.15, -0.1) is 0 Å². The molecule has 0 spiro atoms. The zero-order chi connectivity index (χ0) is 24.7. The van der Waals surface area contributed by atoms with Crippen molar-refractivity contribution in [3.63, 3.8) is 0 Å². The smallest absolute Gasteiger partial charge is 0.273 e. The molecule has 0 fully saturated rings. The molecule has 2 amide bonds. The number of benzene rings is 3. The van der Waals surface area contributed by atoms with Crippen LogP contribution in [-0.2, 0) is 11.2 Å². The number of amides is 2. The summed E-state index contributed by atoms with van der Waals surface area (Å²) in [6, 6.07) is 18.5. The number of methoxy groups -OCH3 is 1. The Morgan fingerprint density at radius 3 is 2.26 bits per heavy atom. The van der Waals surface area contributed by atoms with Gasteiger partial charge in [-0.25, -0.2) is 5.43 Å². The number of carbonyl (C=O) groups is 2. The van der Waals surface area contributed by atoms with Gasteiger partial charge in [-0.3, -0.25) is 19.7 Å². The van der Waals surface area contributed by atoms with Gasteiger partial charge >= 0.3 is 0 Å². The number of nitro groups is 1. The van der Waals surface area contributed by atoms with Crippen molar-refractivity contribution in [3.05, 3.63) is 99.1 Å². The Balaban J connectivity index is 1.59. The van der Waals surface area contributed by atoms with Gasteiger partial charge in [-0.05, 0) is 55.3 Å². The summed E-state index contributed by atoms with van der Waals surface area (Å²) in [4.78, 5) is 35.2. The third-order valence-corrected chi connectivity index (χ3v) is 5.10. The fourth-order valence-corrected chi connectivity index (χ4v) is 3.14. The Morgan fingerprint density at radius 2 is 1.65 bits per heavy atom. The van der Waals surface area contributed by atoms with E-state index >= 15 is 0 Å². The third kappa shape index (κ3) is 6.26. The van der Waals surface area contributed by atoms with Gasteiger partial charge in [-0.2, -0.15) is 5.10 Å². The lowest BCUT2D eigenvalue weighted by molar-refractivity contribution is -0.385. The van der Waals surface area contributed by atoms with Gasteiger partial charge in [0.05, 0.1) is 24.2 Å². The number of nitro benzene ring substituents is 1. The molecule has 0 radical (unpaired) electrons. The average molecular weight is 460 g/mol. The van der Waals surface area contributed by atoms with Crippen molar-refractivity contribution in [2.75, 3.05) is 12.4 Å². The second-order valence-corrected chi connectivity index (χ2v) is 7.55. The molecule has 34 heavy (non-hydrogen) atoms. The summed E-state index contributed by atoms with van der Waals surface area (Å²) in [6.07, 6.45) is 0.232. The topological polar surface area (TPSA) is 123 Å². The molecule has 3 aromatic rings. The number of nitrogens with zero attached hydrogens (tertiary/aromatic N) is 2. The predicted octanol–water partition coefficient (Wildman–Crippen LogP) is 4.25. The van der Waals surface area contributed by atoms with E-state index in [9.17, 15) is 19.7 Å². The first kappa shape index (κ1) is 24.1. The number of anilines is 1. The summed E-state index contributed by atoms with van der Waals surface area (Å²) in [7, 11) is 1.59. The first-order valence-corrected chi connectivity index (χ1v) is 10.4. The number of hydrogen-bond acceptors (Lipinski definition) is 6. The largest absolute Gasteiger partial charge is 0.497 e. The molecule has 0 heterocycles. The number of hydrogen-bond donors (Lipinski definition) is 2. The second kappa shape index (κ2) is 10.9. The van der Waals surface area contributed by atoms with Crippen LogP contribution >= 0.6 is 0 Å². The monoisotopic (exact) mass is 460 g/mol. The Morgan fingerprint density at radius 1 is 1.00 bits per heavy atom. The summed E-state index contributed by atoms with van der Waals surface area (Å²) in [6.45, 7) is 3.32. The highest BCUT2D eigenvalue weighted by Gasteiger charge is 2.15. The Hall–Kier alpha value is -4.53. The van der Waals surface area contributed by atoms with Crippen molar-refractivity contribution in [2.45, 2.75) is 20.3 Å². The highest BCUT2D eigenvalue weighted by atomic mass is 16.6. The van der Waals surface area contributed by atoms with Gasteiger partial charge in [0, 0.05) is 22.9 Å². The zero-order valence-corrected chi connectivity index (χ0v) is 19.0. The molecule has 9 heteroatoms. The van der Waals surface area contributed by atoms with Crippen molar-refractivity contribution in [2.24, 2.45) is 5.10 Å². The van der Waals surface area contributed by atoms with Crippen molar-refractivity contribution >= 4 is 28.9 Å². The van der Waals surface area contributed by atoms with Crippen LogP contribution in [-0.4, -0.2) is 29.6 Å². The van der Waals surface area contributed by atoms with Crippen molar-refractivity contribution in [3.8, 4) is 5.75 Å². The molecule has 0 aromatic heterocycles. The van der Waals surface area contributed by atoms with Crippen LogP contribution in [0.3, 0.4) is 0 Å². The van der Waals surface area contributed by atoms with E-state index in [0.717, 1.165) is 16.9 Å². The van der Waals surface area contributed by atoms with Gasteiger partial charge in [0.25, 0.3) is 11.6 Å². The van der Waals surface area contributed by atoms with Gasteiger partial charge in [-0.1, -0.05) is 30.3 Å². The van der Waals surface area contributed by atoms with E-state index in [1.54, 1.807) is 57.4 Å². The minimum Gasteiger partial charge on any atom is -0.497 e. The van der Waals surface area contributed by atoms with Crippen LogP contribution in [0.15, 0.2) is 71.8 Å². The van der Waals surface area contributed by atoms with Crippen LogP contribution in [0.1, 0.15) is 34.0 Å². The summed E-state index contributed by atoms with van der Waals surface area (Å²) >= 11 is 0. The maximum atomic E-state index is 12.3. The summed E-state index contributed by atoms with van der Waals surface area (Å²) in [5.41, 5.74) is 5.67. The van der Waals surface area contributed by atoms with Gasteiger partial charge in [0.1, 0.15) is 5.75 Å². The molecular weight excluding hydrogens is 436 g/mol. The molecule has 0 bridgehead atoms. The number of rotatable bonds is 8. The summed E-state index contributed by atoms with van der Waals surface area (Å²) < 4.78 is 5.11. The van der Waals surface area contributed by atoms with Gasteiger partial charge in [0.2, 0.25) is 5.91 Å². The van der Waals surface area contributed by atoms with E-state index in [-0.39, 0.29) is 23.6 Å². The van der Waals surface area contributed by atoms with Crippen molar-refractivity contribution in [1.82, 2.24) is 5.43 Å². The zero-order valence-electron chi connectivity index (χ0n) is 19.0. The third-order valence-electron chi connectivity index (χ3n) is 5.10. The molecule has 9 nitrogen and oxygen atoms in total. The van der Waals surface area contributed by atoms with E-state index in [4.69, 9.17) is 4.74 Å². The van der Waals surface area contributed by atoms with Crippen LogP contribution in [0.25, 0.3) is 0 Å². The van der Waals surface area contributed by atoms with E-state index < -0.39 is 10.8 Å². The molecule has 0 aliphatic carbocycles. The SMILES string of the molecule is COc1ccc(CC(=O)Nc2ccc(/C(C)=N/NC(=O)c3ccc(C)c([N+](=O)[O-])c3)cc2)cc1. The molecule has 0 atom stereocenters. The van der Waals surface area contributed by atoms with Crippen LogP contribution in [0.5, 0.6) is 5.75 Å². The highest BCUT2D eigenvalue weighted by molar-refractivity contribution is 6.01. The molecule has 3 aromatic carbocycles. The van der Waals surface area contributed by atoms with Crippen LogP contribution in [0.4, 0.5) is 11.4 Å². The Labute approximate surface area is 196 Å². The first-order chi connectivity index (χ1) is 16.3. The van der Waals surface area contributed by atoms with Crippen LogP contribution in [0, 0.1) is 17.0 Å². The van der Waals surface area contributed by atoms with Crippen molar-refractivity contribution < 1.29 is 19.2 Å². The summed E-state index contributed by atoms with van der Waals surface area (Å²) in [5.74, 6) is 0.0285. The Kier molecular flexibility index (Phi) is 7.71. The normalized spacial score (nSPS) is 11.0. The average Bonchev–Trinajstić information content (AvgIpc) is 2.83. The summed E-state index contributed by atoms with van der Waals surface area (Å²) in [5, 5.41) is 18.0. The Bertz CT molecular complexity index is 1240. The molecule has 0 saturated heterocycles. The van der Waals surface area contributed by atoms with E-state index in [1.807, 2.05) is 12.1 Å². The molecule has 174 valence electrons. The van der Waals surface area contributed by atoms with Crippen LogP contribution in [0.2, 0.25) is 0 Å². The molecule has 0 saturated carbocycles. The number of carbonyl (C=O) groups excluding carboxylic acids is 2. The lowest BCUT2D eigenvalue weighted by atomic mass is 10.1. The minimum absolute atomic E-state index is 0.127.